The van der Waals surface area contributed by atoms with Crippen molar-refractivity contribution in [3.05, 3.63) is 29.8 Å². The minimum Gasteiger partial charge on any atom is -0.356 e. The molecule has 1 amide bonds. The van der Waals surface area contributed by atoms with Crippen LogP contribution in [0.2, 0.25) is 0 Å². The number of rotatable bonds is 3. The molecule has 7 nitrogen and oxygen atoms in total. The van der Waals surface area contributed by atoms with Crippen molar-refractivity contribution in [1.29, 1.82) is 0 Å². The second-order valence-electron chi connectivity index (χ2n) is 4.63. The highest BCUT2D eigenvalue weighted by molar-refractivity contribution is 5.92. The molecule has 1 aliphatic rings. The molecule has 1 aliphatic heterocycles. The molecule has 0 fully saturated rings. The molecule has 0 aliphatic carbocycles. The summed E-state index contributed by atoms with van der Waals surface area (Å²) in [6, 6.07) is 0. The Hall–Kier alpha value is -2.31. The van der Waals surface area contributed by atoms with Crippen molar-refractivity contribution in [2.75, 3.05) is 11.9 Å². The van der Waals surface area contributed by atoms with Crippen LogP contribution in [0.15, 0.2) is 18.6 Å². The highest BCUT2D eigenvalue weighted by Gasteiger charge is 2.16. The number of carbonyl (C=O) groups is 1. The van der Waals surface area contributed by atoms with Crippen molar-refractivity contribution in [1.82, 2.24) is 24.6 Å². The van der Waals surface area contributed by atoms with Crippen molar-refractivity contribution >= 4 is 11.9 Å². The van der Waals surface area contributed by atoms with Crippen LogP contribution in [0.25, 0.3) is 0 Å². The number of aryl methyl sites for hydroxylation is 2. The van der Waals surface area contributed by atoms with E-state index in [1.54, 1.807) is 17.1 Å². The molecular formula is C12H16N6O. The molecule has 7 heteroatoms. The van der Waals surface area contributed by atoms with Crippen LogP contribution in [-0.4, -0.2) is 31.8 Å². The number of hydrogen-bond acceptors (Lipinski definition) is 4. The van der Waals surface area contributed by atoms with Gasteiger partial charge in [-0.15, -0.1) is 0 Å². The molecule has 0 aromatic carbocycles. The van der Waals surface area contributed by atoms with Gasteiger partial charge in [0.05, 0.1) is 6.20 Å². The number of anilines is 1. The van der Waals surface area contributed by atoms with E-state index < -0.39 is 0 Å². The molecule has 0 saturated carbocycles. The Morgan fingerprint density at radius 3 is 3.16 bits per heavy atom. The van der Waals surface area contributed by atoms with E-state index in [-0.39, 0.29) is 5.91 Å². The second kappa shape index (κ2) is 4.75. The maximum absolute atomic E-state index is 12.0. The topological polar surface area (TPSA) is 76.8 Å². The minimum atomic E-state index is -0.160. The Morgan fingerprint density at radius 2 is 2.42 bits per heavy atom. The van der Waals surface area contributed by atoms with Crippen LogP contribution in [0.3, 0.4) is 0 Å². The lowest BCUT2D eigenvalue weighted by Gasteiger charge is -2.14. The molecule has 0 radical (unpaired) electrons. The summed E-state index contributed by atoms with van der Waals surface area (Å²) in [7, 11) is 1.85. The predicted molar refractivity (Wildman–Crippen MR) is 69.7 cm³/mol. The normalized spacial score (nSPS) is 13.7. The standard InChI is InChI=1S/C12H16N6O/c1-17-7-9(6-15-17)5-14-11(19)10-8-18-4-2-3-13-12(18)16-10/h6-8H,2-5H2,1H3,(H,13,16)(H,14,19). The van der Waals surface area contributed by atoms with E-state index >= 15 is 0 Å². The Kier molecular flexibility index (Phi) is 2.94. The van der Waals surface area contributed by atoms with E-state index in [1.807, 2.05) is 17.8 Å². The molecule has 0 bridgehead atoms. The number of amides is 1. The lowest BCUT2D eigenvalue weighted by molar-refractivity contribution is 0.0946. The zero-order valence-electron chi connectivity index (χ0n) is 10.8. The number of imidazole rings is 1. The van der Waals surface area contributed by atoms with Gasteiger partial charge in [-0.05, 0) is 6.42 Å². The fraction of sp³-hybridized carbons (Fsp3) is 0.417. The average molecular weight is 260 g/mol. The van der Waals surface area contributed by atoms with Crippen molar-refractivity contribution < 1.29 is 4.79 Å². The van der Waals surface area contributed by atoms with Gasteiger partial charge in [0, 0.05) is 44.6 Å². The SMILES string of the molecule is Cn1cc(CNC(=O)c2cn3c(n2)NCCC3)cn1. The summed E-state index contributed by atoms with van der Waals surface area (Å²) >= 11 is 0. The van der Waals surface area contributed by atoms with E-state index in [0.717, 1.165) is 31.0 Å². The third kappa shape index (κ3) is 2.44. The van der Waals surface area contributed by atoms with E-state index in [9.17, 15) is 4.79 Å². The lowest BCUT2D eigenvalue weighted by atomic mass is 10.3. The number of aromatic nitrogens is 4. The zero-order valence-corrected chi connectivity index (χ0v) is 10.8. The van der Waals surface area contributed by atoms with E-state index in [1.165, 1.54) is 0 Å². The van der Waals surface area contributed by atoms with Gasteiger partial charge in [-0.1, -0.05) is 0 Å². The number of hydrogen-bond donors (Lipinski definition) is 2. The summed E-state index contributed by atoms with van der Waals surface area (Å²) in [5.41, 5.74) is 1.42. The fourth-order valence-corrected chi connectivity index (χ4v) is 2.12. The first-order valence-electron chi connectivity index (χ1n) is 6.29. The molecule has 19 heavy (non-hydrogen) atoms. The Labute approximate surface area is 110 Å². The first kappa shape index (κ1) is 11.8. The van der Waals surface area contributed by atoms with Gasteiger partial charge in [-0.25, -0.2) is 4.98 Å². The highest BCUT2D eigenvalue weighted by atomic mass is 16.1. The second-order valence-corrected chi connectivity index (χ2v) is 4.63. The maximum atomic E-state index is 12.0. The minimum absolute atomic E-state index is 0.160. The largest absolute Gasteiger partial charge is 0.356 e. The van der Waals surface area contributed by atoms with Gasteiger partial charge >= 0.3 is 0 Å². The lowest BCUT2D eigenvalue weighted by Crippen LogP contribution is -2.23. The van der Waals surface area contributed by atoms with Crippen LogP contribution in [0, 0.1) is 0 Å². The number of carbonyl (C=O) groups excluding carboxylic acids is 1. The quantitative estimate of drug-likeness (QED) is 0.835. The molecule has 2 aromatic rings. The molecular weight excluding hydrogens is 244 g/mol. The fourth-order valence-electron chi connectivity index (χ4n) is 2.12. The number of nitrogens with zero attached hydrogens (tertiary/aromatic N) is 4. The number of nitrogens with one attached hydrogen (secondary N) is 2. The summed E-state index contributed by atoms with van der Waals surface area (Å²) < 4.78 is 3.68. The van der Waals surface area contributed by atoms with E-state index in [4.69, 9.17) is 0 Å². The Bertz CT molecular complexity index is 576. The summed E-state index contributed by atoms with van der Waals surface area (Å²) in [5.74, 6) is 0.616. The maximum Gasteiger partial charge on any atom is 0.271 e. The van der Waals surface area contributed by atoms with Crippen molar-refractivity contribution in [2.45, 2.75) is 19.5 Å². The van der Waals surface area contributed by atoms with Crippen molar-refractivity contribution in [2.24, 2.45) is 7.05 Å². The Balaban J connectivity index is 1.65. The van der Waals surface area contributed by atoms with Gasteiger partial charge < -0.3 is 15.2 Å². The van der Waals surface area contributed by atoms with Crippen molar-refractivity contribution in [3.8, 4) is 0 Å². The van der Waals surface area contributed by atoms with Crippen LogP contribution < -0.4 is 10.6 Å². The monoisotopic (exact) mass is 260 g/mol. The smallest absolute Gasteiger partial charge is 0.271 e. The van der Waals surface area contributed by atoms with E-state index in [2.05, 4.69) is 20.7 Å². The molecule has 0 atom stereocenters. The molecule has 100 valence electrons. The molecule has 0 unspecified atom stereocenters. The molecule has 0 spiro atoms. The van der Waals surface area contributed by atoms with Gasteiger partial charge in [0.2, 0.25) is 5.95 Å². The van der Waals surface area contributed by atoms with Gasteiger partial charge in [0.1, 0.15) is 5.69 Å². The first-order chi connectivity index (χ1) is 9.22. The number of fused-ring (bicyclic) bond motifs is 1. The molecule has 2 aromatic heterocycles. The van der Waals surface area contributed by atoms with Crippen LogP contribution in [0.1, 0.15) is 22.5 Å². The third-order valence-corrected chi connectivity index (χ3v) is 3.08. The van der Waals surface area contributed by atoms with Gasteiger partial charge in [0.15, 0.2) is 0 Å². The van der Waals surface area contributed by atoms with E-state index in [0.29, 0.717) is 12.2 Å². The zero-order chi connectivity index (χ0) is 13.2. The highest BCUT2D eigenvalue weighted by Crippen LogP contribution is 2.13. The van der Waals surface area contributed by atoms with Crippen LogP contribution in [-0.2, 0) is 20.1 Å². The summed E-state index contributed by atoms with van der Waals surface area (Å²) in [5, 5.41) is 10.1. The predicted octanol–water partition coefficient (Wildman–Crippen LogP) is 0.362. The first-order valence-corrected chi connectivity index (χ1v) is 6.29. The molecule has 3 rings (SSSR count). The van der Waals surface area contributed by atoms with Crippen molar-refractivity contribution in [3.63, 3.8) is 0 Å². The van der Waals surface area contributed by atoms with Crippen LogP contribution in [0.5, 0.6) is 0 Å². The van der Waals surface area contributed by atoms with Crippen LogP contribution in [0.4, 0.5) is 5.95 Å². The summed E-state index contributed by atoms with van der Waals surface area (Å²) in [6.45, 7) is 2.28. The molecule has 2 N–H and O–H groups in total. The third-order valence-electron chi connectivity index (χ3n) is 3.08. The Morgan fingerprint density at radius 1 is 1.53 bits per heavy atom. The van der Waals surface area contributed by atoms with Gasteiger partial charge in [-0.3, -0.25) is 9.48 Å². The van der Waals surface area contributed by atoms with Gasteiger partial charge in [-0.2, -0.15) is 5.10 Å². The average Bonchev–Trinajstić information content (AvgIpc) is 3.01. The van der Waals surface area contributed by atoms with Crippen LogP contribution >= 0.6 is 0 Å². The molecule has 0 saturated heterocycles. The van der Waals surface area contributed by atoms with Gasteiger partial charge in [0.25, 0.3) is 5.91 Å². The summed E-state index contributed by atoms with van der Waals surface area (Å²) in [6.07, 6.45) is 6.46. The summed E-state index contributed by atoms with van der Waals surface area (Å²) in [4.78, 5) is 16.3. The molecule has 3 heterocycles.